The Kier molecular flexibility index (Phi) is 11.8. The number of hydrogen-bond acceptors (Lipinski definition) is 6. The quantitative estimate of drug-likeness (QED) is 0.316. The minimum Gasteiger partial charge on any atom is -0.481 e. The zero-order chi connectivity index (χ0) is 25.8. The summed E-state index contributed by atoms with van der Waals surface area (Å²) >= 11 is 8.49. The Hall–Kier alpha value is -2.29. The number of carboxylic acids is 2. The number of hydrogen-bond donors (Lipinski definition) is 4. The van der Waals surface area contributed by atoms with E-state index in [0.29, 0.717) is 0 Å². The van der Waals surface area contributed by atoms with Crippen LogP contribution in [0, 0.1) is 0 Å². The van der Waals surface area contributed by atoms with Gasteiger partial charge in [0, 0.05) is 18.0 Å². The summed E-state index contributed by atoms with van der Waals surface area (Å²) < 4.78 is 0. The van der Waals surface area contributed by atoms with Gasteiger partial charge in [0.15, 0.2) is 0 Å². The molecule has 0 atom stereocenters. The molecule has 1 aliphatic heterocycles. The number of fused-ring (bicyclic) bond motifs is 1. The van der Waals surface area contributed by atoms with E-state index in [1.54, 1.807) is 0 Å². The molecule has 0 radical (unpaired) electrons. The highest BCUT2D eigenvalue weighted by molar-refractivity contribution is 7.99. The SMILES string of the molecule is Clc1ccc2c(c1NCc1ccc(SC3CCCCCC3)nc1)CCNCC2.O=C(O)CCC(=O)O. The molecule has 36 heavy (non-hydrogen) atoms. The molecule has 2 aliphatic rings. The number of carboxylic acid groups (broad SMARTS) is 2. The first-order valence-electron chi connectivity index (χ1n) is 12.7. The second-order valence-electron chi connectivity index (χ2n) is 9.19. The van der Waals surface area contributed by atoms with Gasteiger partial charge in [-0.2, -0.15) is 0 Å². The van der Waals surface area contributed by atoms with Gasteiger partial charge in [-0.25, -0.2) is 4.98 Å². The van der Waals surface area contributed by atoms with Gasteiger partial charge >= 0.3 is 11.9 Å². The number of aromatic nitrogens is 1. The number of rotatable bonds is 8. The van der Waals surface area contributed by atoms with Crippen molar-refractivity contribution in [1.29, 1.82) is 0 Å². The molecule has 0 amide bonds. The number of halogens is 1. The number of thioether (sulfide) groups is 1. The van der Waals surface area contributed by atoms with E-state index in [-0.39, 0.29) is 12.8 Å². The van der Waals surface area contributed by atoms with Gasteiger partial charge in [-0.15, -0.1) is 11.8 Å². The van der Waals surface area contributed by atoms with Crippen molar-refractivity contribution in [3.8, 4) is 0 Å². The molecule has 2 heterocycles. The van der Waals surface area contributed by atoms with Gasteiger partial charge in [0.1, 0.15) is 0 Å². The van der Waals surface area contributed by atoms with E-state index in [4.69, 9.17) is 26.8 Å². The molecule has 4 rings (SSSR count). The monoisotopic (exact) mass is 533 g/mol. The molecular formula is C27H36ClN3O4S. The highest BCUT2D eigenvalue weighted by Crippen LogP contribution is 2.33. The average Bonchev–Trinajstić information content (AvgIpc) is 3.26. The lowest BCUT2D eigenvalue weighted by atomic mass is 10.0. The Labute approximate surface area is 222 Å². The predicted octanol–water partition coefficient (Wildman–Crippen LogP) is 5.79. The third kappa shape index (κ3) is 9.64. The standard InChI is InChI=1S/C23H30ClN3S.C4H6O4/c24-21-9-8-18-11-13-25-14-12-20(18)23(21)27-16-17-7-10-22(26-15-17)28-19-5-3-1-2-4-6-19;5-3(6)1-2-4(7)8/h7-10,15,19,25,27H,1-6,11-14,16H2;1-2H2,(H,5,6)(H,7,8). The van der Waals surface area contributed by atoms with Crippen LogP contribution in [0.5, 0.6) is 0 Å². The molecule has 7 nitrogen and oxygen atoms in total. The van der Waals surface area contributed by atoms with Crippen molar-refractivity contribution in [3.05, 3.63) is 52.2 Å². The van der Waals surface area contributed by atoms with E-state index in [2.05, 4.69) is 28.8 Å². The Morgan fingerprint density at radius 1 is 1.00 bits per heavy atom. The number of aliphatic carboxylic acids is 2. The summed E-state index contributed by atoms with van der Waals surface area (Å²) in [5, 5.41) is 25.6. The number of benzene rings is 1. The van der Waals surface area contributed by atoms with E-state index in [9.17, 15) is 9.59 Å². The fourth-order valence-corrected chi connectivity index (χ4v) is 5.87. The van der Waals surface area contributed by atoms with Gasteiger partial charge in [0.25, 0.3) is 0 Å². The third-order valence-electron chi connectivity index (χ3n) is 6.39. The van der Waals surface area contributed by atoms with Crippen LogP contribution in [0.15, 0.2) is 35.5 Å². The first-order chi connectivity index (χ1) is 17.4. The molecule has 0 saturated heterocycles. The van der Waals surface area contributed by atoms with Crippen LogP contribution in [0.25, 0.3) is 0 Å². The molecule has 1 saturated carbocycles. The first-order valence-corrected chi connectivity index (χ1v) is 14.0. The highest BCUT2D eigenvalue weighted by atomic mass is 35.5. The van der Waals surface area contributed by atoms with E-state index in [1.807, 2.05) is 24.0 Å². The molecular weight excluding hydrogens is 498 g/mol. The summed E-state index contributed by atoms with van der Waals surface area (Å²) in [5.41, 5.74) is 5.07. The van der Waals surface area contributed by atoms with Crippen LogP contribution >= 0.6 is 23.4 Å². The summed E-state index contributed by atoms with van der Waals surface area (Å²) in [6, 6.07) is 8.59. The maximum atomic E-state index is 9.64. The van der Waals surface area contributed by atoms with Crippen LogP contribution < -0.4 is 10.6 Å². The maximum Gasteiger partial charge on any atom is 0.303 e. The highest BCUT2D eigenvalue weighted by Gasteiger charge is 2.16. The molecule has 1 fully saturated rings. The molecule has 196 valence electrons. The van der Waals surface area contributed by atoms with Crippen LogP contribution in [-0.2, 0) is 29.0 Å². The van der Waals surface area contributed by atoms with E-state index in [0.717, 1.165) is 53.5 Å². The Bertz CT molecular complexity index is 981. The van der Waals surface area contributed by atoms with Crippen LogP contribution in [0.3, 0.4) is 0 Å². The molecule has 0 spiro atoms. The number of anilines is 1. The molecule has 1 aromatic heterocycles. The summed E-state index contributed by atoms with van der Waals surface area (Å²) in [7, 11) is 0. The van der Waals surface area contributed by atoms with Crippen molar-refractivity contribution < 1.29 is 19.8 Å². The maximum absolute atomic E-state index is 9.64. The molecule has 0 bridgehead atoms. The second-order valence-corrected chi connectivity index (χ2v) is 10.9. The minimum absolute atomic E-state index is 0.296. The number of nitrogens with one attached hydrogen (secondary N) is 2. The fraction of sp³-hybridized carbons (Fsp3) is 0.519. The molecule has 1 aliphatic carbocycles. The average molecular weight is 534 g/mol. The van der Waals surface area contributed by atoms with Crippen molar-refractivity contribution in [2.24, 2.45) is 0 Å². The van der Waals surface area contributed by atoms with Crippen molar-refractivity contribution in [2.75, 3.05) is 18.4 Å². The van der Waals surface area contributed by atoms with Crippen LogP contribution in [-0.4, -0.2) is 45.5 Å². The lowest BCUT2D eigenvalue weighted by molar-refractivity contribution is -0.143. The van der Waals surface area contributed by atoms with Gasteiger partial charge in [-0.05, 0) is 67.6 Å². The van der Waals surface area contributed by atoms with Gasteiger partial charge in [-0.1, -0.05) is 49.4 Å². The van der Waals surface area contributed by atoms with Crippen LogP contribution in [0.4, 0.5) is 5.69 Å². The summed E-state index contributed by atoms with van der Waals surface area (Å²) in [5.74, 6) is -2.15. The summed E-state index contributed by atoms with van der Waals surface area (Å²) in [4.78, 5) is 24.0. The topological polar surface area (TPSA) is 112 Å². The molecule has 0 unspecified atom stereocenters. The van der Waals surface area contributed by atoms with Crippen molar-refractivity contribution >= 4 is 41.0 Å². The van der Waals surface area contributed by atoms with Crippen molar-refractivity contribution in [3.63, 3.8) is 0 Å². The van der Waals surface area contributed by atoms with E-state index >= 15 is 0 Å². The van der Waals surface area contributed by atoms with Crippen LogP contribution in [0.2, 0.25) is 5.02 Å². The lowest BCUT2D eigenvalue weighted by Crippen LogP contribution is -2.16. The summed E-state index contributed by atoms with van der Waals surface area (Å²) in [6.45, 7) is 2.81. The predicted molar refractivity (Wildman–Crippen MR) is 145 cm³/mol. The van der Waals surface area contributed by atoms with E-state index in [1.165, 1.54) is 55.2 Å². The molecule has 2 aromatic rings. The summed E-state index contributed by atoms with van der Waals surface area (Å²) in [6.07, 6.45) is 11.7. The molecule has 4 N–H and O–H groups in total. The number of nitrogens with zero attached hydrogens (tertiary/aromatic N) is 1. The fourth-order valence-electron chi connectivity index (χ4n) is 4.45. The lowest BCUT2D eigenvalue weighted by Gasteiger charge is -2.16. The minimum atomic E-state index is -1.08. The molecule has 9 heteroatoms. The van der Waals surface area contributed by atoms with E-state index < -0.39 is 11.9 Å². The van der Waals surface area contributed by atoms with Gasteiger partial charge in [0.2, 0.25) is 0 Å². The third-order valence-corrected chi connectivity index (χ3v) is 7.99. The van der Waals surface area contributed by atoms with Crippen molar-refractivity contribution in [1.82, 2.24) is 10.3 Å². The zero-order valence-corrected chi connectivity index (χ0v) is 22.2. The van der Waals surface area contributed by atoms with Crippen LogP contribution in [0.1, 0.15) is 68.1 Å². The Morgan fingerprint density at radius 3 is 2.33 bits per heavy atom. The zero-order valence-electron chi connectivity index (χ0n) is 20.6. The van der Waals surface area contributed by atoms with Gasteiger partial charge < -0.3 is 20.8 Å². The first kappa shape index (κ1) is 28.3. The largest absolute Gasteiger partial charge is 0.481 e. The Balaban J connectivity index is 0.000000392. The number of pyridine rings is 1. The molecule has 1 aromatic carbocycles. The smallest absolute Gasteiger partial charge is 0.303 e. The normalized spacial score (nSPS) is 16.0. The second kappa shape index (κ2) is 15.1. The van der Waals surface area contributed by atoms with Gasteiger partial charge in [0.05, 0.1) is 28.6 Å². The Morgan fingerprint density at radius 2 is 1.69 bits per heavy atom. The van der Waals surface area contributed by atoms with Gasteiger partial charge in [-0.3, -0.25) is 9.59 Å². The number of carbonyl (C=O) groups is 2. The van der Waals surface area contributed by atoms with Crippen molar-refractivity contribution in [2.45, 2.75) is 81.0 Å².